The predicted molar refractivity (Wildman–Crippen MR) is 32.4 cm³/mol. The van der Waals surface area contributed by atoms with Crippen LogP contribution in [0.5, 0.6) is 0 Å². The molecule has 0 spiro atoms. The second-order valence-electron chi connectivity index (χ2n) is 0.774. The van der Waals surface area contributed by atoms with Crippen molar-refractivity contribution >= 4 is 55.5 Å². The average Bonchev–Trinajstić information content (AvgIpc) is 1.19. The number of halogens is 1. The van der Waals surface area contributed by atoms with Gasteiger partial charge in [0, 0.05) is 0 Å². The minimum absolute atomic E-state index is 0. The van der Waals surface area contributed by atoms with Gasteiger partial charge in [-0.05, 0) is 0 Å². The summed E-state index contributed by atoms with van der Waals surface area (Å²) in [7, 11) is -7.08. The molecule has 5 N–H and O–H groups in total. The van der Waals surface area contributed by atoms with E-state index < -0.39 is 17.7 Å². The van der Waals surface area contributed by atoms with Gasteiger partial charge >= 0.3 is 74.6 Å². The zero-order valence-electron chi connectivity index (χ0n) is 6.53. The van der Waals surface area contributed by atoms with Crippen LogP contribution in [0, 0.1) is 0 Å². The summed E-state index contributed by atoms with van der Waals surface area (Å²) in [6, 6.07) is 0. The molecule has 0 aliphatic rings. The second kappa shape index (κ2) is 19.8. The van der Waals surface area contributed by atoms with Gasteiger partial charge in [0.05, 0.1) is 0 Å². The van der Waals surface area contributed by atoms with Gasteiger partial charge in [-0.2, -0.15) is 0 Å². The number of hydrogen-bond donors (Lipinski definition) is 4. The predicted octanol–water partition coefficient (Wildman–Crippen LogP) is -9.60. The van der Waals surface area contributed by atoms with Crippen LogP contribution in [-0.2, 0) is 10.4 Å². The minimum atomic E-state index is -4.92. The Kier molecular flexibility index (Phi) is 55.2. The van der Waals surface area contributed by atoms with Crippen molar-refractivity contribution in [2.45, 2.75) is 0 Å². The summed E-state index contributed by atoms with van der Waals surface area (Å²) in [6.45, 7) is 0. The van der Waals surface area contributed by atoms with Gasteiger partial charge in [0.1, 0.15) is 0 Å². The molecule has 0 aromatic heterocycles. The van der Waals surface area contributed by atoms with Crippen molar-refractivity contribution in [3.05, 3.63) is 0 Å². The first-order chi connectivity index (χ1) is 3.73. The minimum Gasteiger partial charge on any atom is -1.00 e. The second-order valence-corrected chi connectivity index (χ2v) is 1.63. The quantitative estimate of drug-likeness (QED) is 0.192. The van der Waals surface area contributed by atoms with E-state index in [-0.39, 0.29) is 85.2 Å². The summed E-state index contributed by atoms with van der Waals surface area (Å²) in [4.78, 5) is 0. The summed E-state index contributed by atoms with van der Waals surface area (Å²) in [5.74, 6) is 0. The van der Waals surface area contributed by atoms with Crippen molar-refractivity contribution < 1.29 is 80.0 Å². The Bertz CT molecular complexity index is 135. The van der Waals surface area contributed by atoms with Crippen molar-refractivity contribution in [3.8, 4) is 0 Å². The van der Waals surface area contributed by atoms with E-state index in [0.717, 1.165) is 0 Å². The molecule has 0 heterocycles. The first kappa shape index (κ1) is 36.2. The molecule has 0 aliphatic carbocycles. The zero-order valence-corrected chi connectivity index (χ0v) is 12.3. The molecule has 0 aliphatic heterocycles. The molecule has 0 radical (unpaired) electrons. The summed E-state index contributed by atoms with van der Waals surface area (Å²) < 4.78 is 32.8. The third-order valence-corrected chi connectivity index (χ3v) is 0. The molecule has 0 bridgehead atoms. The maximum atomic E-state index is 8.63. The van der Waals surface area contributed by atoms with Crippen molar-refractivity contribution in [1.29, 1.82) is 0 Å². The Hall–Kier alpha value is 2.32. The van der Waals surface area contributed by atoms with Crippen LogP contribution in [-0.4, -0.2) is 83.1 Å². The van der Waals surface area contributed by atoms with Crippen molar-refractivity contribution in [2.75, 3.05) is 0 Å². The Morgan fingerprint density at radius 2 is 1.15 bits per heavy atom. The van der Waals surface area contributed by atoms with Gasteiger partial charge in [-0.25, -0.2) is 8.42 Å². The molecule has 0 fully saturated rings. The fraction of sp³-hybridized carbons (Fsp3) is 0. The smallest absolute Gasteiger partial charge is 1.00 e. The molecule has 0 aromatic rings. The molecule has 8 nitrogen and oxygen atoms in total. The summed E-state index contributed by atoms with van der Waals surface area (Å²) in [6.07, 6.45) is 0. The van der Waals surface area contributed by atoms with E-state index in [1.165, 1.54) is 0 Å². The van der Waals surface area contributed by atoms with E-state index in [0.29, 0.717) is 0 Å². The van der Waals surface area contributed by atoms with Crippen molar-refractivity contribution in [3.63, 3.8) is 0 Å². The monoisotopic (exact) mass is 274 g/mol. The van der Waals surface area contributed by atoms with Crippen LogP contribution in [0.3, 0.4) is 0 Å². The number of hydrogen-bond acceptors (Lipinski definition) is 7. The molecule has 0 saturated carbocycles. The fourth-order valence-corrected chi connectivity index (χ4v) is 0. The molecule has 0 unspecified atom stereocenters. The van der Waals surface area contributed by atoms with E-state index >= 15 is 0 Å². The van der Waals surface area contributed by atoms with Gasteiger partial charge in [0.15, 0.2) is 0 Å². The van der Waals surface area contributed by atoms with Crippen LogP contribution in [0.4, 0.5) is 0 Å². The summed E-state index contributed by atoms with van der Waals surface area (Å²) in [5, 5.41) is 21.5. The van der Waals surface area contributed by atoms with Crippen LogP contribution in [0.1, 0.15) is 0 Å². The van der Waals surface area contributed by atoms with Gasteiger partial charge in [0.25, 0.3) is 0 Å². The van der Waals surface area contributed by atoms with Gasteiger partial charge < -0.3 is 37.5 Å². The van der Waals surface area contributed by atoms with E-state index in [2.05, 4.69) is 0 Å². The zero-order chi connectivity index (χ0) is 8.08. The Labute approximate surface area is 133 Å². The standard InChI is InChI=1S/BH3O3.Ca.ClH.Na.H2O4S.H2O/c2-1(3)4;;;;1-5(2,3)4;/h2-4H;;1H;;(H2,1,2,3,4);1H2/q;+2;;+1;;/p-3. The Morgan fingerprint density at radius 1 is 1.15 bits per heavy atom. The van der Waals surface area contributed by atoms with Gasteiger partial charge in [-0.1, -0.05) is 0 Å². The third kappa shape index (κ3) is 403. The maximum absolute atomic E-state index is 8.63. The van der Waals surface area contributed by atoms with Crippen LogP contribution in [0.15, 0.2) is 0 Å². The Morgan fingerprint density at radius 3 is 1.15 bits per heavy atom. The molecule has 0 atom stereocenters. The largest absolute Gasteiger partial charge is 2.00 e. The van der Waals surface area contributed by atoms with Crippen molar-refractivity contribution in [2.24, 2.45) is 0 Å². The molecule has 0 rings (SSSR count). The molecule has 13 heavy (non-hydrogen) atoms. The molecular formula is H5BCaClNaO8S. The first-order valence-electron chi connectivity index (χ1n) is 1.46. The van der Waals surface area contributed by atoms with E-state index in [4.69, 9.17) is 32.6 Å². The van der Waals surface area contributed by atoms with Crippen LogP contribution in [0.2, 0.25) is 0 Å². The van der Waals surface area contributed by atoms with Gasteiger partial charge in [-0.15, -0.1) is 0 Å². The Balaban J connectivity index is -0.0000000146. The molecule has 0 aromatic carbocycles. The average molecular weight is 274 g/mol. The SMILES string of the molecule is O=S(=O)([O-])O.OB(O)O.[Ca+2].[Cl-].[Na+].[OH-]. The first-order valence-corrected chi connectivity index (χ1v) is 2.82. The van der Waals surface area contributed by atoms with Crippen LogP contribution >= 0.6 is 0 Å². The number of rotatable bonds is 0. The van der Waals surface area contributed by atoms with E-state index in [1.807, 2.05) is 0 Å². The van der Waals surface area contributed by atoms with Crippen LogP contribution in [0.25, 0.3) is 0 Å². The molecule has 13 heteroatoms. The summed E-state index contributed by atoms with van der Waals surface area (Å²) in [5.41, 5.74) is 0. The van der Waals surface area contributed by atoms with Crippen LogP contribution < -0.4 is 42.0 Å². The van der Waals surface area contributed by atoms with E-state index in [1.54, 1.807) is 0 Å². The van der Waals surface area contributed by atoms with E-state index in [9.17, 15) is 0 Å². The third-order valence-electron chi connectivity index (χ3n) is 0. The fourth-order valence-electron chi connectivity index (χ4n) is 0. The molecule has 0 amide bonds. The summed E-state index contributed by atoms with van der Waals surface area (Å²) >= 11 is 0. The topological polar surface area (TPSA) is 168 Å². The maximum Gasteiger partial charge on any atom is 2.00 e. The van der Waals surface area contributed by atoms with Gasteiger partial charge in [-0.3, -0.25) is 4.55 Å². The molecule has 0 saturated heterocycles. The van der Waals surface area contributed by atoms with Crippen molar-refractivity contribution in [1.82, 2.24) is 0 Å². The van der Waals surface area contributed by atoms with Gasteiger partial charge in [0.2, 0.25) is 10.4 Å². The molecule has 72 valence electrons. The normalized spacial score (nSPS) is 6.54. The molecular weight excluding hydrogens is 269 g/mol.